The van der Waals surface area contributed by atoms with E-state index >= 15 is 0 Å². The average Bonchev–Trinajstić information content (AvgIpc) is 2.99. The zero-order chi connectivity index (χ0) is 15.4. The molecule has 1 fully saturated rings. The molecule has 0 aromatic carbocycles. The van der Waals surface area contributed by atoms with Gasteiger partial charge in [-0.25, -0.2) is 0 Å². The Morgan fingerprint density at radius 3 is 2.77 bits per heavy atom. The van der Waals surface area contributed by atoms with Crippen molar-refractivity contribution < 1.29 is 5.11 Å². The van der Waals surface area contributed by atoms with E-state index in [-0.39, 0.29) is 6.61 Å². The van der Waals surface area contributed by atoms with Gasteiger partial charge >= 0.3 is 0 Å². The molecule has 1 aliphatic rings. The zero-order valence-electron chi connectivity index (χ0n) is 13.1. The van der Waals surface area contributed by atoms with Gasteiger partial charge in [-0.2, -0.15) is 5.10 Å². The molecule has 0 amide bonds. The Kier molecular flexibility index (Phi) is 4.85. The summed E-state index contributed by atoms with van der Waals surface area (Å²) >= 11 is 0. The molecule has 1 saturated heterocycles. The summed E-state index contributed by atoms with van der Waals surface area (Å²) in [5, 5.41) is 13.4. The van der Waals surface area contributed by atoms with E-state index in [1.165, 1.54) is 11.3 Å². The molecule has 5 heteroatoms. The minimum atomic E-state index is 0.147. The van der Waals surface area contributed by atoms with Gasteiger partial charge in [-0.15, -0.1) is 0 Å². The van der Waals surface area contributed by atoms with Crippen LogP contribution in [0.25, 0.3) is 0 Å². The van der Waals surface area contributed by atoms with Crippen molar-refractivity contribution in [2.45, 2.75) is 38.8 Å². The van der Waals surface area contributed by atoms with E-state index in [9.17, 15) is 0 Å². The smallest absolute Gasteiger partial charge is 0.0644 e. The Labute approximate surface area is 131 Å². The third kappa shape index (κ3) is 3.36. The maximum Gasteiger partial charge on any atom is 0.0644 e. The molecule has 2 aromatic rings. The monoisotopic (exact) mass is 300 g/mol. The third-order valence-electron chi connectivity index (χ3n) is 4.58. The van der Waals surface area contributed by atoms with Crippen molar-refractivity contribution >= 4 is 0 Å². The van der Waals surface area contributed by atoms with E-state index < -0.39 is 0 Å². The Morgan fingerprint density at radius 2 is 2.05 bits per heavy atom. The van der Waals surface area contributed by atoms with Gasteiger partial charge in [0.15, 0.2) is 0 Å². The van der Waals surface area contributed by atoms with Crippen LogP contribution in [-0.4, -0.2) is 44.5 Å². The molecule has 3 rings (SSSR count). The molecule has 0 bridgehead atoms. The van der Waals surface area contributed by atoms with Crippen LogP contribution < -0.4 is 0 Å². The highest BCUT2D eigenvalue weighted by molar-refractivity contribution is 5.18. The number of pyridine rings is 1. The Morgan fingerprint density at radius 1 is 1.23 bits per heavy atom. The minimum Gasteiger partial charge on any atom is -0.394 e. The standard InChI is InChI=1S/C17H24N4O/c1-14-16(3-2-7-18-14)13-20-9-5-15(6-10-20)17-4-8-19-21(17)11-12-22/h2-4,7-8,15,22H,5-6,9-13H2,1H3. The van der Waals surface area contributed by atoms with Gasteiger partial charge in [0.1, 0.15) is 0 Å². The fraction of sp³-hybridized carbons (Fsp3) is 0.529. The van der Waals surface area contributed by atoms with E-state index in [1.807, 2.05) is 23.1 Å². The molecule has 5 nitrogen and oxygen atoms in total. The number of hydrogen-bond donors (Lipinski definition) is 1. The molecule has 0 aliphatic carbocycles. The van der Waals surface area contributed by atoms with Crippen LogP contribution >= 0.6 is 0 Å². The van der Waals surface area contributed by atoms with Gasteiger partial charge in [-0.05, 0) is 50.6 Å². The van der Waals surface area contributed by atoms with Crippen LogP contribution in [0.5, 0.6) is 0 Å². The lowest BCUT2D eigenvalue weighted by Crippen LogP contribution is -2.33. The van der Waals surface area contributed by atoms with Crippen LogP contribution in [0.1, 0.15) is 35.7 Å². The number of nitrogens with zero attached hydrogens (tertiary/aromatic N) is 4. The van der Waals surface area contributed by atoms with Crippen LogP contribution in [0.4, 0.5) is 0 Å². The zero-order valence-corrected chi connectivity index (χ0v) is 13.1. The maximum atomic E-state index is 9.12. The third-order valence-corrected chi connectivity index (χ3v) is 4.58. The largest absolute Gasteiger partial charge is 0.394 e. The highest BCUT2D eigenvalue weighted by atomic mass is 16.3. The lowest BCUT2D eigenvalue weighted by molar-refractivity contribution is 0.198. The predicted octanol–water partition coefficient (Wildman–Crippen LogP) is 1.96. The minimum absolute atomic E-state index is 0.147. The molecule has 22 heavy (non-hydrogen) atoms. The van der Waals surface area contributed by atoms with E-state index in [2.05, 4.69) is 34.0 Å². The molecular weight excluding hydrogens is 276 g/mol. The second kappa shape index (κ2) is 7.03. The number of rotatable bonds is 5. The summed E-state index contributed by atoms with van der Waals surface area (Å²) in [6.07, 6.45) is 6.00. The summed E-state index contributed by atoms with van der Waals surface area (Å²) in [5.74, 6) is 0.556. The van der Waals surface area contributed by atoms with Gasteiger partial charge in [0, 0.05) is 36.2 Å². The van der Waals surface area contributed by atoms with Gasteiger partial charge < -0.3 is 5.11 Å². The van der Waals surface area contributed by atoms with E-state index in [1.54, 1.807) is 0 Å². The summed E-state index contributed by atoms with van der Waals surface area (Å²) in [6, 6.07) is 6.29. The summed E-state index contributed by atoms with van der Waals surface area (Å²) in [5.41, 5.74) is 3.73. The van der Waals surface area contributed by atoms with Crippen molar-refractivity contribution in [3.8, 4) is 0 Å². The number of likely N-dealkylation sites (tertiary alicyclic amines) is 1. The van der Waals surface area contributed by atoms with Gasteiger partial charge in [0.05, 0.1) is 13.2 Å². The maximum absolute atomic E-state index is 9.12. The van der Waals surface area contributed by atoms with Gasteiger partial charge in [-0.1, -0.05) is 6.07 Å². The number of aromatic nitrogens is 3. The number of aliphatic hydroxyl groups excluding tert-OH is 1. The summed E-state index contributed by atoms with van der Waals surface area (Å²) < 4.78 is 1.95. The molecule has 0 atom stereocenters. The lowest BCUT2D eigenvalue weighted by Gasteiger charge is -2.32. The fourth-order valence-corrected chi connectivity index (χ4v) is 3.28. The predicted molar refractivity (Wildman–Crippen MR) is 85.5 cm³/mol. The highest BCUT2D eigenvalue weighted by Gasteiger charge is 2.23. The topological polar surface area (TPSA) is 54.2 Å². The molecule has 1 N–H and O–H groups in total. The second-order valence-electron chi connectivity index (χ2n) is 6.00. The normalized spacial score (nSPS) is 17.0. The first-order valence-electron chi connectivity index (χ1n) is 8.03. The molecule has 0 radical (unpaired) electrons. The Balaban J connectivity index is 1.58. The molecule has 3 heterocycles. The number of piperidine rings is 1. The number of aryl methyl sites for hydroxylation is 1. The molecule has 0 saturated carbocycles. The van der Waals surface area contributed by atoms with Crippen molar-refractivity contribution in [3.63, 3.8) is 0 Å². The first kappa shape index (κ1) is 15.2. The first-order chi connectivity index (χ1) is 10.8. The van der Waals surface area contributed by atoms with Crippen molar-refractivity contribution in [1.29, 1.82) is 0 Å². The Hall–Kier alpha value is -1.72. The van der Waals surface area contributed by atoms with Crippen LogP contribution in [0.2, 0.25) is 0 Å². The summed E-state index contributed by atoms with van der Waals surface area (Å²) in [7, 11) is 0. The molecule has 2 aromatic heterocycles. The molecule has 0 spiro atoms. The van der Waals surface area contributed by atoms with Gasteiger partial charge in [0.25, 0.3) is 0 Å². The Bertz CT molecular complexity index is 602. The number of aliphatic hydroxyl groups is 1. The molecule has 118 valence electrons. The average molecular weight is 300 g/mol. The van der Waals surface area contributed by atoms with Crippen molar-refractivity contribution in [3.05, 3.63) is 47.5 Å². The fourth-order valence-electron chi connectivity index (χ4n) is 3.28. The molecule has 1 aliphatic heterocycles. The van der Waals surface area contributed by atoms with E-state index in [0.29, 0.717) is 12.5 Å². The molecular formula is C17H24N4O. The first-order valence-corrected chi connectivity index (χ1v) is 8.03. The van der Waals surface area contributed by atoms with E-state index in [4.69, 9.17) is 5.11 Å². The lowest BCUT2D eigenvalue weighted by atomic mass is 9.93. The van der Waals surface area contributed by atoms with Crippen molar-refractivity contribution in [2.24, 2.45) is 0 Å². The van der Waals surface area contributed by atoms with E-state index in [0.717, 1.165) is 38.2 Å². The van der Waals surface area contributed by atoms with Crippen molar-refractivity contribution in [1.82, 2.24) is 19.7 Å². The van der Waals surface area contributed by atoms with Gasteiger partial charge in [0.2, 0.25) is 0 Å². The van der Waals surface area contributed by atoms with Crippen LogP contribution in [0.3, 0.4) is 0 Å². The second-order valence-corrected chi connectivity index (χ2v) is 6.00. The molecule has 0 unspecified atom stereocenters. The van der Waals surface area contributed by atoms with Crippen LogP contribution in [0.15, 0.2) is 30.6 Å². The number of hydrogen-bond acceptors (Lipinski definition) is 4. The SMILES string of the molecule is Cc1ncccc1CN1CCC(c2ccnn2CCO)CC1. The highest BCUT2D eigenvalue weighted by Crippen LogP contribution is 2.28. The summed E-state index contributed by atoms with van der Waals surface area (Å²) in [6.45, 7) is 6.01. The quantitative estimate of drug-likeness (QED) is 0.917. The van der Waals surface area contributed by atoms with Gasteiger partial charge in [-0.3, -0.25) is 14.6 Å². The van der Waals surface area contributed by atoms with Crippen LogP contribution in [-0.2, 0) is 13.1 Å². The van der Waals surface area contributed by atoms with Crippen LogP contribution in [0, 0.1) is 6.92 Å². The summed E-state index contributed by atoms with van der Waals surface area (Å²) in [4.78, 5) is 6.88. The van der Waals surface area contributed by atoms with Crippen molar-refractivity contribution in [2.75, 3.05) is 19.7 Å².